The van der Waals surface area contributed by atoms with Gasteiger partial charge in [0.2, 0.25) is 0 Å². The highest BCUT2D eigenvalue weighted by molar-refractivity contribution is 7.92. The molecule has 0 N–H and O–H groups in total. The SMILES string of the molecule is CCOC(=O)CC(=O)CS(=O)(=O)c1cccc(C)c1. The lowest BCUT2D eigenvalue weighted by Gasteiger charge is -2.05. The van der Waals surface area contributed by atoms with Crippen molar-refractivity contribution >= 4 is 21.6 Å². The Morgan fingerprint density at radius 3 is 2.53 bits per heavy atom. The van der Waals surface area contributed by atoms with Crippen molar-refractivity contribution in [3.63, 3.8) is 0 Å². The smallest absolute Gasteiger partial charge is 0.313 e. The first kappa shape index (κ1) is 15.4. The monoisotopic (exact) mass is 284 g/mol. The van der Waals surface area contributed by atoms with Crippen LogP contribution < -0.4 is 0 Å². The number of aryl methyl sites for hydroxylation is 1. The number of hydrogen-bond donors (Lipinski definition) is 0. The fourth-order valence-electron chi connectivity index (χ4n) is 1.53. The Hall–Kier alpha value is -1.69. The van der Waals surface area contributed by atoms with E-state index in [-0.39, 0.29) is 11.5 Å². The van der Waals surface area contributed by atoms with E-state index in [1.165, 1.54) is 12.1 Å². The molecule has 0 bridgehead atoms. The highest BCUT2D eigenvalue weighted by Crippen LogP contribution is 2.13. The van der Waals surface area contributed by atoms with E-state index < -0.39 is 33.8 Å². The summed E-state index contributed by atoms with van der Waals surface area (Å²) in [6.07, 6.45) is -0.515. The van der Waals surface area contributed by atoms with Gasteiger partial charge in [-0.2, -0.15) is 0 Å². The maximum Gasteiger partial charge on any atom is 0.313 e. The van der Waals surface area contributed by atoms with Crippen LogP contribution in [0.4, 0.5) is 0 Å². The number of carbonyl (C=O) groups is 2. The third-order valence-electron chi connectivity index (χ3n) is 2.35. The number of esters is 1. The minimum absolute atomic E-state index is 0.0877. The number of benzene rings is 1. The van der Waals surface area contributed by atoms with Crippen LogP contribution in [0, 0.1) is 6.92 Å². The predicted molar refractivity (Wildman–Crippen MR) is 69.5 cm³/mol. The first-order chi connectivity index (χ1) is 8.85. The average Bonchev–Trinajstić information content (AvgIpc) is 2.28. The molecule has 0 radical (unpaired) electrons. The Morgan fingerprint density at radius 1 is 1.26 bits per heavy atom. The summed E-state index contributed by atoms with van der Waals surface area (Å²) < 4.78 is 28.5. The molecule has 0 unspecified atom stereocenters. The second-order valence-electron chi connectivity index (χ2n) is 4.10. The number of ketones is 1. The number of sulfone groups is 1. The van der Waals surface area contributed by atoms with Crippen LogP contribution >= 0.6 is 0 Å². The van der Waals surface area contributed by atoms with Crippen molar-refractivity contribution in [3.05, 3.63) is 29.8 Å². The predicted octanol–water partition coefficient (Wildman–Crippen LogP) is 1.29. The summed E-state index contributed by atoms with van der Waals surface area (Å²) in [6, 6.07) is 6.30. The highest BCUT2D eigenvalue weighted by atomic mass is 32.2. The first-order valence-corrected chi connectivity index (χ1v) is 7.47. The Kier molecular flexibility index (Phi) is 5.23. The molecule has 0 atom stereocenters. The van der Waals surface area contributed by atoms with Crippen molar-refractivity contribution in [1.29, 1.82) is 0 Å². The molecule has 5 nitrogen and oxygen atoms in total. The third kappa shape index (κ3) is 4.82. The lowest BCUT2D eigenvalue weighted by molar-refractivity contribution is -0.145. The van der Waals surface area contributed by atoms with Gasteiger partial charge in [0, 0.05) is 0 Å². The molecule has 0 saturated carbocycles. The van der Waals surface area contributed by atoms with E-state index in [0.717, 1.165) is 5.56 Å². The van der Waals surface area contributed by atoms with Gasteiger partial charge in [-0.3, -0.25) is 9.59 Å². The molecule has 0 saturated heterocycles. The van der Waals surface area contributed by atoms with Gasteiger partial charge in [-0.1, -0.05) is 12.1 Å². The molecule has 1 rings (SSSR count). The lowest BCUT2D eigenvalue weighted by atomic mass is 10.2. The minimum atomic E-state index is -3.70. The molecule has 0 heterocycles. The summed E-state index contributed by atoms with van der Waals surface area (Å²) in [7, 11) is -3.70. The van der Waals surface area contributed by atoms with Crippen LogP contribution in [0.5, 0.6) is 0 Å². The summed E-state index contributed by atoms with van der Waals surface area (Å²) in [4.78, 5) is 22.7. The van der Waals surface area contributed by atoms with Crippen LogP contribution in [0.2, 0.25) is 0 Å². The van der Waals surface area contributed by atoms with Crippen LogP contribution in [0.25, 0.3) is 0 Å². The van der Waals surface area contributed by atoms with E-state index >= 15 is 0 Å². The van der Waals surface area contributed by atoms with Gasteiger partial charge >= 0.3 is 5.97 Å². The van der Waals surface area contributed by atoms with Gasteiger partial charge in [0.1, 0.15) is 12.2 Å². The van der Waals surface area contributed by atoms with Crippen molar-refractivity contribution < 1.29 is 22.7 Å². The van der Waals surface area contributed by atoms with Gasteiger partial charge in [-0.15, -0.1) is 0 Å². The molecule has 0 fully saturated rings. The molecule has 0 spiro atoms. The number of ether oxygens (including phenoxy) is 1. The van der Waals surface area contributed by atoms with E-state index in [2.05, 4.69) is 4.74 Å². The van der Waals surface area contributed by atoms with Crippen molar-refractivity contribution in [2.45, 2.75) is 25.2 Å². The van der Waals surface area contributed by atoms with Crippen molar-refractivity contribution in [1.82, 2.24) is 0 Å². The number of carbonyl (C=O) groups excluding carboxylic acids is 2. The molecule has 0 aliphatic rings. The molecule has 1 aromatic rings. The quantitative estimate of drug-likeness (QED) is 0.581. The van der Waals surface area contributed by atoms with E-state index in [4.69, 9.17) is 0 Å². The topological polar surface area (TPSA) is 77.5 Å². The Balaban J connectivity index is 2.75. The Labute approximate surface area is 112 Å². The van der Waals surface area contributed by atoms with Crippen LogP contribution in [0.1, 0.15) is 18.9 Å². The normalized spacial score (nSPS) is 11.1. The molecule has 0 aliphatic heterocycles. The Bertz CT molecular complexity index is 574. The van der Waals surface area contributed by atoms with Gasteiger partial charge in [-0.05, 0) is 31.5 Å². The summed E-state index contributed by atoms with van der Waals surface area (Å²) in [5, 5.41) is 0. The van der Waals surface area contributed by atoms with Gasteiger partial charge in [0.25, 0.3) is 0 Å². The zero-order valence-corrected chi connectivity index (χ0v) is 11.7. The van der Waals surface area contributed by atoms with Gasteiger partial charge in [0.15, 0.2) is 15.6 Å². The van der Waals surface area contributed by atoms with Crippen molar-refractivity contribution in [3.8, 4) is 0 Å². The second kappa shape index (κ2) is 6.47. The molecular weight excluding hydrogens is 268 g/mol. The second-order valence-corrected chi connectivity index (χ2v) is 6.09. The van der Waals surface area contributed by atoms with E-state index in [0.29, 0.717) is 0 Å². The number of Topliss-reactive ketones (excluding diaryl/α,β-unsaturated/α-hetero) is 1. The van der Waals surface area contributed by atoms with E-state index in [1.807, 2.05) is 0 Å². The molecule has 19 heavy (non-hydrogen) atoms. The molecule has 0 aliphatic carbocycles. The fourth-order valence-corrected chi connectivity index (χ4v) is 2.87. The molecule has 0 amide bonds. The fraction of sp³-hybridized carbons (Fsp3) is 0.385. The van der Waals surface area contributed by atoms with E-state index in [1.54, 1.807) is 26.0 Å². The minimum Gasteiger partial charge on any atom is -0.466 e. The zero-order valence-electron chi connectivity index (χ0n) is 10.9. The average molecular weight is 284 g/mol. The largest absolute Gasteiger partial charge is 0.466 e. The van der Waals surface area contributed by atoms with Gasteiger partial charge < -0.3 is 4.74 Å². The molecule has 6 heteroatoms. The summed E-state index contributed by atoms with van der Waals surface area (Å²) in [5.74, 6) is -2.05. The van der Waals surface area contributed by atoms with Crippen LogP contribution in [-0.4, -0.2) is 32.5 Å². The standard InChI is InChI=1S/C13H16O5S/c1-3-18-13(15)8-11(14)9-19(16,17)12-6-4-5-10(2)7-12/h4-7H,3,8-9H2,1-2H3. The molecule has 104 valence electrons. The molecule has 0 aromatic heterocycles. The van der Waals surface area contributed by atoms with Crippen LogP contribution in [0.3, 0.4) is 0 Å². The Morgan fingerprint density at radius 2 is 1.95 bits per heavy atom. The summed E-state index contributed by atoms with van der Waals surface area (Å²) in [5.41, 5.74) is 0.791. The molecular formula is C13H16O5S. The first-order valence-electron chi connectivity index (χ1n) is 5.82. The van der Waals surface area contributed by atoms with Crippen molar-refractivity contribution in [2.24, 2.45) is 0 Å². The third-order valence-corrected chi connectivity index (χ3v) is 4.02. The highest BCUT2D eigenvalue weighted by Gasteiger charge is 2.21. The lowest BCUT2D eigenvalue weighted by Crippen LogP contribution is -2.20. The van der Waals surface area contributed by atoms with Crippen molar-refractivity contribution in [2.75, 3.05) is 12.4 Å². The summed E-state index contributed by atoms with van der Waals surface area (Å²) >= 11 is 0. The number of hydrogen-bond acceptors (Lipinski definition) is 5. The maximum absolute atomic E-state index is 12.0. The number of rotatable bonds is 6. The van der Waals surface area contributed by atoms with Crippen LogP contribution in [-0.2, 0) is 24.2 Å². The van der Waals surface area contributed by atoms with Gasteiger partial charge in [0.05, 0.1) is 11.5 Å². The molecule has 1 aromatic carbocycles. The van der Waals surface area contributed by atoms with Gasteiger partial charge in [-0.25, -0.2) is 8.42 Å². The zero-order chi connectivity index (χ0) is 14.5. The van der Waals surface area contributed by atoms with E-state index in [9.17, 15) is 18.0 Å². The van der Waals surface area contributed by atoms with Crippen LogP contribution in [0.15, 0.2) is 29.2 Å². The maximum atomic E-state index is 12.0. The summed E-state index contributed by atoms with van der Waals surface area (Å²) in [6.45, 7) is 3.54.